The largest absolute Gasteiger partial charge is 0.291 e. The molecular weight excluding hydrogens is 352 g/mol. The summed E-state index contributed by atoms with van der Waals surface area (Å²) in [5.41, 5.74) is 2.25. The highest BCUT2D eigenvalue weighted by Gasteiger charge is 2.12. The molecule has 0 aliphatic rings. The van der Waals surface area contributed by atoms with Crippen LogP contribution in [-0.2, 0) is 0 Å². The number of hydrogen-bond acceptors (Lipinski definition) is 6. The van der Waals surface area contributed by atoms with Gasteiger partial charge in [0.1, 0.15) is 0 Å². The average Bonchev–Trinajstić information content (AvgIpc) is 3.16. The van der Waals surface area contributed by atoms with E-state index in [1.54, 1.807) is 18.2 Å². The van der Waals surface area contributed by atoms with Gasteiger partial charge in [0.15, 0.2) is 5.82 Å². The van der Waals surface area contributed by atoms with Gasteiger partial charge in [0.2, 0.25) is 4.96 Å². The van der Waals surface area contributed by atoms with Gasteiger partial charge in [-0.1, -0.05) is 53.3 Å². The van der Waals surface area contributed by atoms with Crippen LogP contribution >= 0.6 is 11.3 Å². The lowest BCUT2D eigenvalue weighted by atomic mass is 10.1. The zero-order chi connectivity index (χ0) is 18.3. The molecule has 4 rings (SSSR count). The molecule has 0 radical (unpaired) electrons. The number of fused-ring (bicyclic) bond motifs is 1. The summed E-state index contributed by atoms with van der Waals surface area (Å²) in [5.74, 6) is 0.496. The van der Waals surface area contributed by atoms with Gasteiger partial charge in [-0.3, -0.25) is 14.9 Å². The lowest BCUT2D eigenvalue weighted by Crippen LogP contribution is -2.23. The van der Waals surface area contributed by atoms with Crippen LogP contribution in [0.3, 0.4) is 0 Å². The summed E-state index contributed by atoms with van der Waals surface area (Å²) in [7, 11) is 0. The van der Waals surface area contributed by atoms with Crippen molar-refractivity contribution in [2.45, 2.75) is 6.92 Å². The molecule has 0 atom stereocenters. The van der Waals surface area contributed by atoms with Gasteiger partial charge in [-0.25, -0.2) is 0 Å². The van der Waals surface area contributed by atoms with Crippen LogP contribution in [0.25, 0.3) is 22.4 Å². The molecule has 0 N–H and O–H groups in total. The molecule has 0 spiro atoms. The van der Waals surface area contributed by atoms with E-state index in [0.29, 0.717) is 20.9 Å². The fourth-order valence-corrected chi connectivity index (χ4v) is 3.45. The van der Waals surface area contributed by atoms with Gasteiger partial charge in [-0.05, 0) is 18.6 Å². The van der Waals surface area contributed by atoms with Crippen molar-refractivity contribution >= 4 is 28.1 Å². The minimum absolute atomic E-state index is 0.0210. The maximum Gasteiger partial charge on any atom is 0.291 e. The number of aromatic nitrogens is 3. The molecule has 0 bridgehead atoms. The molecule has 2 heterocycles. The number of non-ortho nitro benzene ring substituents is 1. The van der Waals surface area contributed by atoms with E-state index in [1.165, 1.54) is 28.0 Å². The molecule has 0 saturated heterocycles. The fourth-order valence-electron chi connectivity index (χ4n) is 2.54. The first-order chi connectivity index (χ1) is 12.5. The number of hydrogen-bond donors (Lipinski definition) is 0. The van der Waals surface area contributed by atoms with Crippen molar-refractivity contribution in [1.29, 1.82) is 0 Å². The van der Waals surface area contributed by atoms with Crippen molar-refractivity contribution in [3.63, 3.8) is 0 Å². The first-order valence-corrected chi connectivity index (χ1v) is 8.56. The average molecular weight is 364 g/mol. The van der Waals surface area contributed by atoms with Crippen LogP contribution < -0.4 is 10.1 Å². The summed E-state index contributed by atoms with van der Waals surface area (Å²) in [5, 5.41) is 15.2. The van der Waals surface area contributed by atoms with Crippen molar-refractivity contribution < 1.29 is 4.92 Å². The third kappa shape index (κ3) is 2.86. The van der Waals surface area contributed by atoms with E-state index in [-0.39, 0.29) is 11.2 Å². The third-order valence-corrected chi connectivity index (χ3v) is 4.83. The second-order valence-corrected chi connectivity index (χ2v) is 6.77. The summed E-state index contributed by atoms with van der Waals surface area (Å²) in [6.07, 6.45) is 1.61. The minimum Gasteiger partial charge on any atom is -0.266 e. The topological polar surface area (TPSA) is 90.4 Å². The van der Waals surface area contributed by atoms with Crippen molar-refractivity contribution in [3.05, 3.63) is 84.7 Å². The number of aryl methyl sites for hydroxylation is 1. The Balaban J connectivity index is 1.78. The first-order valence-electron chi connectivity index (χ1n) is 7.74. The quantitative estimate of drug-likeness (QED) is 0.412. The molecule has 0 unspecified atom stereocenters. The van der Waals surface area contributed by atoms with Gasteiger partial charge in [0.25, 0.3) is 11.2 Å². The third-order valence-electron chi connectivity index (χ3n) is 3.87. The van der Waals surface area contributed by atoms with Crippen LogP contribution in [0.2, 0.25) is 0 Å². The second kappa shape index (κ2) is 6.16. The maximum atomic E-state index is 12.6. The highest BCUT2D eigenvalue weighted by Crippen LogP contribution is 2.17. The molecular formula is C18H12N4O3S. The Morgan fingerprint density at radius 2 is 1.96 bits per heavy atom. The van der Waals surface area contributed by atoms with Gasteiger partial charge in [-0.2, -0.15) is 9.50 Å². The SMILES string of the molecule is Cc1ccc(-c2nc3s/c(=C/c4cccc([N+](=O)[O-])c4)c(=O)n3n2)cc1. The molecule has 0 saturated carbocycles. The summed E-state index contributed by atoms with van der Waals surface area (Å²) in [6.45, 7) is 1.99. The van der Waals surface area contributed by atoms with Crippen molar-refractivity contribution in [2.75, 3.05) is 0 Å². The van der Waals surface area contributed by atoms with E-state index in [9.17, 15) is 14.9 Å². The van der Waals surface area contributed by atoms with E-state index < -0.39 is 4.92 Å². The smallest absolute Gasteiger partial charge is 0.266 e. The molecule has 0 aliphatic carbocycles. The molecule has 2 aromatic carbocycles. The molecule has 0 aliphatic heterocycles. The monoisotopic (exact) mass is 364 g/mol. The molecule has 0 fully saturated rings. The zero-order valence-corrected chi connectivity index (χ0v) is 14.4. The van der Waals surface area contributed by atoms with Gasteiger partial charge < -0.3 is 0 Å². The summed E-state index contributed by atoms with van der Waals surface area (Å²) < 4.78 is 1.69. The molecule has 4 aromatic rings. The van der Waals surface area contributed by atoms with E-state index >= 15 is 0 Å². The predicted octanol–water partition coefficient (Wildman–Crippen LogP) is 2.58. The number of nitro benzene ring substituents is 1. The summed E-state index contributed by atoms with van der Waals surface area (Å²) in [4.78, 5) is 27.9. The summed E-state index contributed by atoms with van der Waals surface area (Å²) in [6, 6.07) is 13.9. The molecule has 2 aromatic heterocycles. The van der Waals surface area contributed by atoms with Crippen molar-refractivity contribution in [3.8, 4) is 11.4 Å². The van der Waals surface area contributed by atoms with Gasteiger partial charge in [0.05, 0.1) is 9.46 Å². The lowest BCUT2D eigenvalue weighted by Gasteiger charge is -1.95. The number of rotatable bonds is 3. The van der Waals surface area contributed by atoms with Crippen LogP contribution in [0.1, 0.15) is 11.1 Å². The minimum atomic E-state index is -0.466. The molecule has 26 heavy (non-hydrogen) atoms. The zero-order valence-electron chi connectivity index (χ0n) is 13.6. The molecule has 7 nitrogen and oxygen atoms in total. The van der Waals surface area contributed by atoms with E-state index in [1.807, 2.05) is 31.2 Å². The van der Waals surface area contributed by atoms with Crippen LogP contribution in [0.15, 0.2) is 53.3 Å². The van der Waals surface area contributed by atoms with Crippen LogP contribution in [0, 0.1) is 17.0 Å². The van der Waals surface area contributed by atoms with E-state index in [0.717, 1.165) is 11.1 Å². The van der Waals surface area contributed by atoms with Gasteiger partial charge in [-0.15, -0.1) is 5.10 Å². The highest BCUT2D eigenvalue weighted by molar-refractivity contribution is 7.15. The lowest BCUT2D eigenvalue weighted by molar-refractivity contribution is -0.384. The molecule has 8 heteroatoms. The van der Waals surface area contributed by atoms with Gasteiger partial charge in [0, 0.05) is 17.7 Å². The number of benzene rings is 2. The Morgan fingerprint density at radius 1 is 1.19 bits per heavy atom. The Labute approximate surface area is 151 Å². The van der Waals surface area contributed by atoms with E-state index in [4.69, 9.17) is 0 Å². The molecule has 128 valence electrons. The van der Waals surface area contributed by atoms with Crippen LogP contribution in [-0.4, -0.2) is 19.5 Å². The highest BCUT2D eigenvalue weighted by atomic mass is 32.1. The predicted molar refractivity (Wildman–Crippen MR) is 99.2 cm³/mol. The van der Waals surface area contributed by atoms with Crippen LogP contribution in [0.4, 0.5) is 5.69 Å². The normalized spacial score (nSPS) is 12.0. The summed E-state index contributed by atoms with van der Waals surface area (Å²) >= 11 is 1.20. The van der Waals surface area contributed by atoms with Gasteiger partial charge >= 0.3 is 0 Å². The number of nitrogens with zero attached hydrogens (tertiary/aromatic N) is 4. The van der Waals surface area contributed by atoms with Crippen molar-refractivity contribution in [1.82, 2.24) is 14.6 Å². The van der Waals surface area contributed by atoms with Crippen molar-refractivity contribution in [2.24, 2.45) is 0 Å². The van der Waals surface area contributed by atoms with Crippen LogP contribution in [0.5, 0.6) is 0 Å². The van der Waals surface area contributed by atoms with E-state index in [2.05, 4.69) is 10.1 Å². The Bertz CT molecular complexity index is 1240. The molecule has 0 amide bonds. The standard InChI is InChI=1S/C18H12N4O3S/c1-11-5-7-13(8-6-11)16-19-18-21(20-16)17(23)15(26-18)10-12-3-2-4-14(9-12)22(24)25/h2-10H,1H3/b15-10+. The number of nitro groups is 1. The maximum absolute atomic E-state index is 12.6. The number of thiazole rings is 1. The Hall–Kier alpha value is -3.39. The first kappa shape index (κ1) is 16.1. The Kier molecular flexibility index (Phi) is 3.81. The Morgan fingerprint density at radius 3 is 2.65 bits per heavy atom. The fraction of sp³-hybridized carbons (Fsp3) is 0.0556. The second-order valence-electron chi connectivity index (χ2n) is 5.76.